The van der Waals surface area contributed by atoms with Crippen molar-refractivity contribution >= 4 is 51.4 Å². The fraction of sp³-hybridized carbons (Fsp3) is 0.250. The second-order valence-electron chi connectivity index (χ2n) is 6.13. The molecule has 2 N–H and O–H groups in total. The van der Waals surface area contributed by atoms with E-state index in [1.54, 1.807) is 25.3 Å². The first-order chi connectivity index (χ1) is 14.0. The summed E-state index contributed by atoms with van der Waals surface area (Å²) in [6, 6.07) is 15.3. The highest BCUT2D eigenvalue weighted by atomic mass is 35.5. The smallest absolute Gasteiger partial charge is 0.237 e. The minimum atomic E-state index is -0.358. The summed E-state index contributed by atoms with van der Waals surface area (Å²) >= 11 is 8.81. The first-order valence-electron chi connectivity index (χ1n) is 8.97. The van der Waals surface area contributed by atoms with E-state index in [-0.39, 0.29) is 11.2 Å². The van der Waals surface area contributed by atoms with E-state index in [2.05, 4.69) is 33.0 Å². The molecule has 0 saturated carbocycles. The van der Waals surface area contributed by atoms with E-state index < -0.39 is 0 Å². The molecule has 152 valence electrons. The quantitative estimate of drug-likeness (QED) is 0.450. The number of nitrogens with one attached hydrogen (secondary N) is 2. The van der Waals surface area contributed by atoms with Crippen molar-refractivity contribution in [2.24, 2.45) is 0 Å². The lowest BCUT2D eigenvalue weighted by Gasteiger charge is -2.13. The van der Waals surface area contributed by atoms with Gasteiger partial charge in [0.05, 0.1) is 18.0 Å². The van der Waals surface area contributed by atoms with E-state index in [0.29, 0.717) is 16.5 Å². The Hall–Kier alpha value is -2.29. The number of methoxy groups -OCH3 is 1. The minimum absolute atomic E-state index is 0.163. The third-order valence-electron chi connectivity index (χ3n) is 4.01. The van der Waals surface area contributed by atoms with E-state index in [1.807, 2.05) is 25.1 Å². The van der Waals surface area contributed by atoms with Gasteiger partial charge >= 0.3 is 0 Å². The van der Waals surface area contributed by atoms with Crippen molar-refractivity contribution in [3.05, 3.63) is 59.1 Å². The highest BCUT2D eigenvalue weighted by molar-refractivity contribution is 8.02. The van der Waals surface area contributed by atoms with E-state index >= 15 is 0 Å². The zero-order valence-corrected chi connectivity index (χ0v) is 18.4. The van der Waals surface area contributed by atoms with Gasteiger partial charge in [0, 0.05) is 11.6 Å². The average molecular weight is 449 g/mol. The standard InChI is InChI=1S/C20H21ClN4O2S2/c1-13(18(26)23-16-12-15(21)8-9-17(16)27-2)28-20-25-24-19(29-20)22-11-10-14-6-4-3-5-7-14/h3-9,12-13H,10-11H2,1-2H3,(H,22,24)(H,23,26). The Morgan fingerprint density at radius 1 is 1.24 bits per heavy atom. The number of nitrogens with zero attached hydrogens (tertiary/aromatic N) is 2. The molecule has 0 saturated heterocycles. The fourth-order valence-corrected chi connectivity index (χ4v) is 4.60. The number of amides is 1. The predicted molar refractivity (Wildman–Crippen MR) is 120 cm³/mol. The lowest BCUT2D eigenvalue weighted by molar-refractivity contribution is -0.115. The molecule has 29 heavy (non-hydrogen) atoms. The van der Waals surface area contributed by atoms with Crippen LogP contribution in [-0.2, 0) is 11.2 Å². The van der Waals surface area contributed by atoms with Crippen LogP contribution in [0.4, 0.5) is 10.8 Å². The molecule has 2 aromatic carbocycles. The van der Waals surface area contributed by atoms with Gasteiger partial charge in [0.25, 0.3) is 0 Å². The Morgan fingerprint density at radius 2 is 2.03 bits per heavy atom. The van der Waals surface area contributed by atoms with Gasteiger partial charge < -0.3 is 15.4 Å². The lowest BCUT2D eigenvalue weighted by Crippen LogP contribution is -2.22. The van der Waals surface area contributed by atoms with E-state index in [1.165, 1.54) is 28.7 Å². The van der Waals surface area contributed by atoms with Crippen molar-refractivity contribution in [1.82, 2.24) is 10.2 Å². The first-order valence-corrected chi connectivity index (χ1v) is 11.0. The van der Waals surface area contributed by atoms with Crippen LogP contribution in [0.3, 0.4) is 0 Å². The third-order valence-corrected chi connectivity index (χ3v) is 6.31. The summed E-state index contributed by atoms with van der Waals surface area (Å²) < 4.78 is 5.99. The Kier molecular flexibility index (Phi) is 7.74. The second-order valence-corrected chi connectivity index (χ2v) is 9.13. The summed E-state index contributed by atoms with van der Waals surface area (Å²) in [4.78, 5) is 12.5. The van der Waals surface area contributed by atoms with Crippen LogP contribution in [0.25, 0.3) is 0 Å². The molecule has 6 nitrogen and oxygen atoms in total. The van der Waals surface area contributed by atoms with E-state index in [9.17, 15) is 4.79 Å². The number of carbonyl (C=O) groups excluding carboxylic acids is 1. The molecule has 1 unspecified atom stereocenters. The van der Waals surface area contributed by atoms with Crippen LogP contribution in [0, 0.1) is 0 Å². The van der Waals surface area contributed by atoms with Crippen LogP contribution < -0.4 is 15.4 Å². The SMILES string of the molecule is COc1ccc(Cl)cc1NC(=O)C(C)Sc1nnc(NCCc2ccccc2)s1. The number of halogens is 1. The molecular formula is C20H21ClN4O2S2. The molecule has 1 aromatic heterocycles. The van der Waals surface area contributed by atoms with Gasteiger partial charge in [-0.1, -0.05) is 65.0 Å². The maximum absolute atomic E-state index is 12.5. The lowest BCUT2D eigenvalue weighted by atomic mass is 10.2. The van der Waals surface area contributed by atoms with E-state index in [4.69, 9.17) is 16.3 Å². The first kappa shape index (κ1) is 21.4. The van der Waals surface area contributed by atoms with Gasteiger partial charge in [-0.25, -0.2) is 0 Å². The van der Waals surface area contributed by atoms with Crippen LogP contribution in [0.2, 0.25) is 5.02 Å². The molecule has 3 rings (SSSR count). The monoisotopic (exact) mass is 448 g/mol. The van der Waals surface area contributed by atoms with Crippen molar-refractivity contribution in [1.29, 1.82) is 0 Å². The summed E-state index contributed by atoms with van der Waals surface area (Å²) in [5, 5.41) is 15.4. The second kappa shape index (κ2) is 10.5. The Morgan fingerprint density at radius 3 is 2.79 bits per heavy atom. The molecule has 1 heterocycles. The number of hydrogen-bond donors (Lipinski definition) is 2. The third kappa shape index (κ3) is 6.35. The van der Waals surface area contributed by atoms with Crippen LogP contribution in [0.15, 0.2) is 52.9 Å². The Bertz CT molecular complexity index is 953. The van der Waals surface area contributed by atoms with Gasteiger partial charge in [-0.3, -0.25) is 4.79 Å². The molecule has 0 bridgehead atoms. The maximum Gasteiger partial charge on any atom is 0.237 e. The molecule has 9 heteroatoms. The van der Waals surface area contributed by atoms with E-state index in [0.717, 1.165) is 22.4 Å². The fourth-order valence-electron chi connectivity index (χ4n) is 2.50. The molecular weight excluding hydrogens is 428 g/mol. The number of carbonyl (C=O) groups is 1. The molecule has 0 radical (unpaired) electrons. The van der Waals surface area contributed by atoms with Crippen LogP contribution in [0.1, 0.15) is 12.5 Å². The minimum Gasteiger partial charge on any atom is -0.495 e. The summed E-state index contributed by atoms with van der Waals surface area (Å²) in [5.74, 6) is 0.394. The van der Waals surface area contributed by atoms with Gasteiger partial charge in [0.1, 0.15) is 5.75 Å². The van der Waals surface area contributed by atoms with Crippen molar-refractivity contribution in [2.75, 3.05) is 24.3 Å². The molecule has 0 aliphatic carbocycles. The topological polar surface area (TPSA) is 76.1 Å². The zero-order chi connectivity index (χ0) is 20.6. The average Bonchev–Trinajstić information content (AvgIpc) is 3.16. The molecule has 1 amide bonds. The predicted octanol–water partition coefficient (Wildman–Crippen LogP) is 4.97. The molecule has 0 fully saturated rings. The number of thioether (sulfide) groups is 1. The number of ether oxygens (including phenoxy) is 1. The highest BCUT2D eigenvalue weighted by Crippen LogP contribution is 2.31. The highest BCUT2D eigenvalue weighted by Gasteiger charge is 2.19. The van der Waals surface area contributed by atoms with Gasteiger partial charge in [-0.05, 0) is 37.1 Å². The summed E-state index contributed by atoms with van der Waals surface area (Å²) in [5.41, 5.74) is 1.80. The number of anilines is 2. The van der Waals surface area contributed by atoms with Crippen molar-refractivity contribution in [2.45, 2.75) is 22.9 Å². The summed E-state index contributed by atoms with van der Waals surface area (Å²) in [6.07, 6.45) is 0.906. The molecule has 0 aliphatic rings. The number of hydrogen-bond acceptors (Lipinski definition) is 7. The summed E-state index contributed by atoms with van der Waals surface area (Å²) in [7, 11) is 1.55. The number of aromatic nitrogens is 2. The number of benzene rings is 2. The summed E-state index contributed by atoms with van der Waals surface area (Å²) in [6.45, 7) is 2.59. The van der Waals surface area contributed by atoms with Crippen LogP contribution in [0.5, 0.6) is 5.75 Å². The van der Waals surface area contributed by atoms with Crippen LogP contribution in [-0.4, -0.2) is 35.0 Å². The Balaban J connectivity index is 1.51. The zero-order valence-electron chi connectivity index (χ0n) is 16.0. The number of rotatable bonds is 9. The van der Waals surface area contributed by atoms with Gasteiger partial charge in [0.2, 0.25) is 11.0 Å². The van der Waals surface area contributed by atoms with Crippen LogP contribution >= 0.6 is 34.7 Å². The van der Waals surface area contributed by atoms with Gasteiger partial charge in [-0.15, -0.1) is 10.2 Å². The largest absolute Gasteiger partial charge is 0.495 e. The normalized spacial score (nSPS) is 11.7. The Labute approximate surface area is 183 Å². The maximum atomic E-state index is 12.5. The molecule has 3 aromatic rings. The van der Waals surface area contributed by atoms with Gasteiger partial charge in [-0.2, -0.15) is 0 Å². The van der Waals surface area contributed by atoms with Crippen molar-refractivity contribution in [3.8, 4) is 5.75 Å². The van der Waals surface area contributed by atoms with Crippen molar-refractivity contribution in [3.63, 3.8) is 0 Å². The molecule has 1 atom stereocenters. The molecule has 0 aliphatic heterocycles. The molecule has 0 spiro atoms. The van der Waals surface area contributed by atoms with Crippen molar-refractivity contribution < 1.29 is 9.53 Å². The van der Waals surface area contributed by atoms with Gasteiger partial charge in [0.15, 0.2) is 4.34 Å².